The van der Waals surface area contributed by atoms with E-state index < -0.39 is 0 Å². The number of aromatic nitrogens is 2. The summed E-state index contributed by atoms with van der Waals surface area (Å²) in [6, 6.07) is 13.6. The number of rotatable bonds is 4. The average Bonchev–Trinajstić information content (AvgIpc) is 2.94. The maximum absolute atomic E-state index is 12.2. The maximum Gasteiger partial charge on any atom is 0.326 e. The Morgan fingerprint density at radius 2 is 1.85 bits per heavy atom. The molecule has 0 bridgehead atoms. The summed E-state index contributed by atoms with van der Waals surface area (Å²) in [5.41, 5.74) is 3.97. The summed E-state index contributed by atoms with van der Waals surface area (Å²) in [5.74, 6) is 0.165. The van der Waals surface area contributed by atoms with E-state index in [4.69, 9.17) is 0 Å². The molecular formula is C20H24N4O2. The van der Waals surface area contributed by atoms with Crippen LogP contribution in [0.4, 0.5) is 5.69 Å². The second kappa shape index (κ2) is 6.88. The third-order valence-corrected chi connectivity index (χ3v) is 5.14. The zero-order valence-electron chi connectivity index (χ0n) is 15.0. The molecular weight excluding hydrogens is 328 g/mol. The summed E-state index contributed by atoms with van der Waals surface area (Å²) in [7, 11) is 0. The highest BCUT2D eigenvalue weighted by atomic mass is 16.3. The molecule has 2 heterocycles. The molecule has 1 fully saturated rings. The number of phenols is 1. The van der Waals surface area contributed by atoms with Crippen molar-refractivity contribution in [3.63, 3.8) is 0 Å². The number of hydrogen-bond acceptors (Lipinski definition) is 4. The highest BCUT2D eigenvalue weighted by Gasteiger charge is 2.17. The van der Waals surface area contributed by atoms with Crippen LogP contribution in [-0.4, -0.2) is 52.3 Å². The van der Waals surface area contributed by atoms with Crippen molar-refractivity contribution in [1.82, 2.24) is 14.5 Å². The summed E-state index contributed by atoms with van der Waals surface area (Å²) in [6.07, 6.45) is 0. The Hall–Kier alpha value is -2.73. The second-order valence-electron chi connectivity index (χ2n) is 6.95. The van der Waals surface area contributed by atoms with Crippen LogP contribution in [0, 0.1) is 6.92 Å². The molecule has 26 heavy (non-hydrogen) atoms. The fourth-order valence-electron chi connectivity index (χ4n) is 3.67. The lowest BCUT2D eigenvalue weighted by atomic mass is 10.2. The number of anilines is 1. The number of fused-ring (bicyclic) bond motifs is 1. The van der Waals surface area contributed by atoms with E-state index in [9.17, 15) is 9.90 Å². The van der Waals surface area contributed by atoms with Crippen LogP contribution in [-0.2, 0) is 6.54 Å². The van der Waals surface area contributed by atoms with Crippen LogP contribution in [0.15, 0.2) is 47.3 Å². The first kappa shape index (κ1) is 16.7. The van der Waals surface area contributed by atoms with Crippen LogP contribution >= 0.6 is 0 Å². The highest BCUT2D eigenvalue weighted by Crippen LogP contribution is 2.19. The smallest absolute Gasteiger partial charge is 0.326 e. The predicted octanol–water partition coefficient (Wildman–Crippen LogP) is 2.17. The van der Waals surface area contributed by atoms with Gasteiger partial charge in [0, 0.05) is 51.0 Å². The molecule has 6 nitrogen and oxygen atoms in total. The van der Waals surface area contributed by atoms with Gasteiger partial charge in [-0.25, -0.2) is 4.79 Å². The Bertz CT molecular complexity index is 967. The van der Waals surface area contributed by atoms with Crippen LogP contribution in [0.25, 0.3) is 11.0 Å². The number of nitrogens with one attached hydrogen (secondary N) is 1. The van der Waals surface area contributed by atoms with Crippen molar-refractivity contribution in [1.29, 1.82) is 0 Å². The highest BCUT2D eigenvalue weighted by molar-refractivity contribution is 5.76. The summed E-state index contributed by atoms with van der Waals surface area (Å²) in [5, 5.41) is 9.56. The molecule has 0 saturated carbocycles. The largest absolute Gasteiger partial charge is 0.508 e. The Morgan fingerprint density at radius 3 is 2.62 bits per heavy atom. The normalized spacial score (nSPS) is 15.7. The maximum atomic E-state index is 12.2. The number of piperazine rings is 1. The molecule has 4 rings (SSSR count). The summed E-state index contributed by atoms with van der Waals surface area (Å²) in [6.45, 7) is 7.60. The van der Waals surface area contributed by atoms with E-state index in [2.05, 4.69) is 46.0 Å². The Balaban J connectivity index is 1.38. The first-order chi connectivity index (χ1) is 12.6. The Kier molecular flexibility index (Phi) is 4.42. The molecule has 0 radical (unpaired) electrons. The van der Waals surface area contributed by atoms with Crippen molar-refractivity contribution in [3.8, 4) is 5.75 Å². The van der Waals surface area contributed by atoms with E-state index in [-0.39, 0.29) is 11.4 Å². The third kappa shape index (κ3) is 3.32. The van der Waals surface area contributed by atoms with Crippen molar-refractivity contribution in [2.24, 2.45) is 0 Å². The molecule has 0 atom stereocenters. The van der Waals surface area contributed by atoms with E-state index in [0.717, 1.165) is 38.2 Å². The number of aromatic amines is 1. The predicted molar refractivity (Wildman–Crippen MR) is 104 cm³/mol. The monoisotopic (exact) mass is 352 g/mol. The summed E-state index contributed by atoms with van der Waals surface area (Å²) >= 11 is 0. The van der Waals surface area contributed by atoms with E-state index in [1.54, 1.807) is 22.8 Å². The molecule has 3 aromatic rings. The zero-order chi connectivity index (χ0) is 18.1. The van der Waals surface area contributed by atoms with Crippen molar-refractivity contribution >= 4 is 16.7 Å². The molecule has 1 aliphatic heterocycles. The van der Waals surface area contributed by atoms with Gasteiger partial charge in [0.2, 0.25) is 0 Å². The van der Waals surface area contributed by atoms with Crippen molar-refractivity contribution in [2.75, 3.05) is 37.6 Å². The molecule has 1 saturated heterocycles. The number of imidazole rings is 1. The second-order valence-corrected chi connectivity index (χ2v) is 6.95. The van der Waals surface area contributed by atoms with Crippen LogP contribution in [0.5, 0.6) is 5.75 Å². The van der Waals surface area contributed by atoms with Gasteiger partial charge in [-0.3, -0.25) is 9.47 Å². The van der Waals surface area contributed by atoms with Gasteiger partial charge in [0.1, 0.15) is 5.75 Å². The zero-order valence-corrected chi connectivity index (χ0v) is 15.0. The Labute approximate surface area is 152 Å². The van der Waals surface area contributed by atoms with E-state index >= 15 is 0 Å². The quantitative estimate of drug-likeness (QED) is 0.755. The van der Waals surface area contributed by atoms with Gasteiger partial charge in [0.15, 0.2) is 0 Å². The molecule has 0 unspecified atom stereocenters. The van der Waals surface area contributed by atoms with Gasteiger partial charge < -0.3 is 15.0 Å². The molecule has 0 spiro atoms. The number of aryl methyl sites for hydroxylation is 1. The van der Waals surface area contributed by atoms with Gasteiger partial charge >= 0.3 is 5.69 Å². The van der Waals surface area contributed by atoms with Crippen molar-refractivity contribution in [3.05, 3.63) is 58.5 Å². The number of H-pyrrole nitrogens is 1. The molecule has 2 aromatic carbocycles. The standard InChI is InChI=1S/C20H24N4O2/c1-15-3-2-4-16(13-15)23-10-7-22(8-11-23)9-12-24-19-6-5-17(25)14-18(19)21-20(24)26/h2-6,13-14,25H,7-12H2,1H3,(H,21,26). The lowest BCUT2D eigenvalue weighted by Gasteiger charge is -2.36. The van der Waals surface area contributed by atoms with Crippen LogP contribution in [0.2, 0.25) is 0 Å². The number of benzene rings is 2. The minimum atomic E-state index is -0.121. The molecule has 1 aromatic heterocycles. The average molecular weight is 352 g/mol. The molecule has 0 amide bonds. The summed E-state index contributed by atoms with van der Waals surface area (Å²) < 4.78 is 1.75. The topological polar surface area (TPSA) is 64.5 Å². The van der Waals surface area contributed by atoms with E-state index in [0.29, 0.717) is 12.1 Å². The number of nitrogens with zero attached hydrogens (tertiary/aromatic N) is 3. The molecule has 2 N–H and O–H groups in total. The SMILES string of the molecule is Cc1cccc(N2CCN(CCn3c(=O)[nH]c4cc(O)ccc43)CC2)c1. The van der Waals surface area contributed by atoms with Crippen LogP contribution < -0.4 is 10.6 Å². The van der Waals surface area contributed by atoms with Crippen molar-refractivity contribution in [2.45, 2.75) is 13.5 Å². The number of phenolic OH excluding ortho intramolecular Hbond substituents is 1. The van der Waals surface area contributed by atoms with Crippen LogP contribution in [0.3, 0.4) is 0 Å². The Morgan fingerprint density at radius 1 is 1.04 bits per heavy atom. The molecule has 1 aliphatic rings. The minimum absolute atomic E-state index is 0.121. The van der Waals surface area contributed by atoms with Gasteiger partial charge in [0.05, 0.1) is 11.0 Å². The van der Waals surface area contributed by atoms with Gasteiger partial charge in [-0.05, 0) is 36.8 Å². The van der Waals surface area contributed by atoms with Crippen LogP contribution in [0.1, 0.15) is 5.56 Å². The van der Waals surface area contributed by atoms with Gasteiger partial charge in [-0.15, -0.1) is 0 Å². The first-order valence-corrected chi connectivity index (χ1v) is 9.06. The third-order valence-electron chi connectivity index (χ3n) is 5.14. The van der Waals surface area contributed by atoms with Gasteiger partial charge in [-0.2, -0.15) is 0 Å². The van der Waals surface area contributed by atoms with E-state index in [1.807, 2.05) is 0 Å². The molecule has 6 heteroatoms. The molecule has 136 valence electrons. The fraction of sp³-hybridized carbons (Fsp3) is 0.350. The number of aromatic hydroxyl groups is 1. The van der Waals surface area contributed by atoms with Crippen molar-refractivity contribution < 1.29 is 5.11 Å². The fourth-order valence-corrected chi connectivity index (χ4v) is 3.67. The lowest BCUT2D eigenvalue weighted by Crippen LogP contribution is -2.47. The number of hydrogen-bond donors (Lipinski definition) is 2. The van der Waals surface area contributed by atoms with E-state index in [1.165, 1.54) is 11.3 Å². The van der Waals surface area contributed by atoms with Gasteiger partial charge in [-0.1, -0.05) is 12.1 Å². The summed E-state index contributed by atoms with van der Waals surface area (Å²) in [4.78, 5) is 19.8. The van der Waals surface area contributed by atoms with Gasteiger partial charge in [0.25, 0.3) is 0 Å². The molecule has 0 aliphatic carbocycles. The first-order valence-electron chi connectivity index (χ1n) is 9.06. The lowest BCUT2D eigenvalue weighted by molar-refractivity contribution is 0.248. The minimum Gasteiger partial charge on any atom is -0.508 e.